The van der Waals surface area contributed by atoms with Crippen molar-refractivity contribution in [3.05, 3.63) is 94.8 Å². The molecule has 6 nitrogen and oxygen atoms in total. The van der Waals surface area contributed by atoms with Crippen molar-refractivity contribution in [2.45, 2.75) is 105 Å². The summed E-state index contributed by atoms with van der Waals surface area (Å²) in [4.78, 5) is 0. The summed E-state index contributed by atoms with van der Waals surface area (Å²) in [5, 5.41) is 18.4. The molecular formula is C40H48N6. The van der Waals surface area contributed by atoms with Crippen LogP contribution in [0.1, 0.15) is 111 Å². The molecule has 0 amide bonds. The zero-order valence-electron chi connectivity index (χ0n) is 29.6. The van der Waals surface area contributed by atoms with Gasteiger partial charge in [0.05, 0.1) is 23.8 Å². The van der Waals surface area contributed by atoms with Crippen LogP contribution in [0.3, 0.4) is 0 Å². The quantitative estimate of drug-likeness (QED) is 0.190. The fourth-order valence-corrected chi connectivity index (χ4v) is 5.27. The largest absolute Gasteiger partial charge is 0.220 e. The normalized spacial score (nSPS) is 12.8. The lowest BCUT2D eigenvalue weighted by Crippen LogP contribution is -2.16. The second kappa shape index (κ2) is 11.4. The summed E-state index contributed by atoms with van der Waals surface area (Å²) in [6.45, 7) is 26.7. The van der Waals surface area contributed by atoms with Crippen molar-refractivity contribution < 1.29 is 0 Å². The Labute approximate surface area is 275 Å². The van der Waals surface area contributed by atoms with E-state index in [1.807, 2.05) is 23.1 Å². The molecule has 0 spiro atoms. The van der Waals surface area contributed by atoms with Gasteiger partial charge in [-0.3, -0.25) is 0 Å². The number of aromatic nitrogens is 6. The van der Waals surface area contributed by atoms with E-state index >= 15 is 0 Å². The predicted octanol–water partition coefficient (Wildman–Crippen LogP) is 9.35. The third-order valence-corrected chi connectivity index (χ3v) is 8.51. The van der Waals surface area contributed by atoms with Gasteiger partial charge >= 0.3 is 0 Å². The van der Waals surface area contributed by atoms with Gasteiger partial charge in [-0.15, -0.1) is 16.6 Å². The second-order valence-corrected chi connectivity index (χ2v) is 16.6. The lowest BCUT2D eigenvalue weighted by molar-refractivity contribution is 0.569. The van der Waals surface area contributed by atoms with Crippen LogP contribution in [-0.4, -0.2) is 30.0 Å². The highest BCUT2D eigenvalue weighted by molar-refractivity contribution is 5.66. The lowest BCUT2D eigenvalue weighted by atomic mass is 9.79. The number of benzene rings is 3. The first-order valence-electron chi connectivity index (χ1n) is 16.0. The number of terminal acetylenes is 1. The lowest BCUT2D eigenvalue weighted by Gasteiger charge is -2.26. The summed E-state index contributed by atoms with van der Waals surface area (Å²) in [6.07, 6.45) is 9.81. The molecule has 5 aromatic rings. The van der Waals surface area contributed by atoms with Crippen molar-refractivity contribution in [3.63, 3.8) is 0 Å². The highest BCUT2D eigenvalue weighted by atomic mass is 15.4. The Morgan fingerprint density at radius 2 is 0.848 bits per heavy atom. The maximum absolute atomic E-state index is 5.82. The Bertz CT molecular complexity index is 1900. The smallest absolute Gasteiger partial charge is 0.113 e. The van der Waals surface area contributed by atoms with Crippen molar-refractivity contribution >= 4 is 0 Å². The summed E-state index contributed by atoms with van der Waals surface area (Å²) >= 11 is 0. The molecule has 0 radical (unpaired) electrons. The highest BCUT2D eigenvalue weighted by Crippen LogP contribution is 2.35. The fraction of sp³-hybridized carbons (Fsp3) is 0.400. The number of rotatable bonds is 4. The predicted molar refractivity (Wildman–Crippen MR) is 190 cm³/mol. The van der Waals surface area contributed by atoms with Gasteiger partial charge in [-0.2, -0.15) is 0 Å². The van der Waals surface area contributed by atoms with E-state index in [0.717, 1.165) is 45.0 Å². The third kappa shape index (κ3) is 6.99. The van der Waals surface area contributed by atoms with Gasteiger partial charge in [0.25, 0.3) is 0 Å². The molecule has 0 saturated heterocycles. The Hall–Kier alpha value is -4.50. The summed E-state index contributed by atoms with van der Waals surface area (Å²) in [7, 11) is 0. The first kappa shape index (κ1) is 32.9. The van der Waals surface area contributed by atoms with Crippen LogP contribution >= 0.6 is 0 Å². The standard InChI is InChI=1S/C40H48N6/c1-14-26-15-29(37(2,3)4)22-33(16-26)45-25-36(42-43-45)28-19-32(40(11,12)13)23-34(20-28)46-24-35(41-44-46)27-17-30(38(5,6)7)21-31(18-27)39(8,9)10/h1,15-25H,2-13H3. The molecule has 5 rings (SSSR count). The molecular weight excluding hydrogens is 564 g/mol. The van der Waals surface area contributed by atoms with E-state index in [2.05, 4.69) is 158 Å². The molecule has 2 heterocycles. The summed E-state index contributed by atoms with van der Waals surface area (Å²) in [5.41, 5.74) is 11.0. The van der Waals surface area contributed by atoms with Gasteiger partial charge in [0.1, 0.15) is 11.4 Å². The van der Waals surface area contributed by atoms with Gasteiger partial charge in [-0.1, -0.05) is 105 Å². The van der Waals surface area contributed by atoms with Crippen molar-refractivity contribution in [3.8, 4) is 46.2 Å². The molecule has 2 aromatic heterocycles. The van der Waals surface area contributed by atoms with Crippen LogP contribution in [0.25, 0.3) is 33.9 Å². The minimum atomic E-state index is -0.102. The van der Waals surface area contributed by atoms with Crippen LogP contribution in [0.4, 0.5) is 0 Å². The van der Waals surface area contributed by atoms with Gasteiger partial charge in [0, 0.05) is 16.7 Å². The number of hydrogen-bond acceptors (Lipinski definition) is 4. The molecule has 6 heteroatoms. The Balaban J connectivity index is 1.59. The van der Waals surface area contributed by atoms with Crippen LogP contribution in [0.2, 0.25) is 0 Å². The van der Waals surface area contributed by atoms with E-state index in [-0.39, 0.29) is 21.7 Å². The fourth-order valence-electron chi connectivity index (χ4n) is 5.27. The van der Waals surface area contributed by atoms with E-state index < -0.39 is 0 Å². The molecule has 3 aromatic carbocycles. The van der Waals surface area contributed by atoms with E-state index in [4.69, 9.17) is 6.42 Å². The monoisotopic (exact) mass is 612 g/mol. The van der Waals surface area contributed by atoms with Gasteiger partial charge < -0.3 is 0 Å². The summed E-state index contributed by atoms with van der Waals surface area (Å²) in [6, 6.07) is 19.5. The average Bonchev–Trinajstić information content (AvgIpc) is 3.66. The van der Waals surface area contributed by atoms with Gasteiger partial charge in [0.2, 0.25) is 0 Å². The van der Waals surface area contributed by atoms with E-state index in [1.165, 1.54) is 16.7 Å². The summed E-state index contributed by atoms with van der Waals surface area (Å²) in [5.74, 6) is 2.79. The van der Waals surface area contributed by atoms with Crippen molar-refractivity contribution in [1.82, 2.24) is 30.0 Å². The molecule has 0 aliphatic carbocycles. The molecule has 0 unspecified atom stereocenters. The molecule has 0 N–H and O–H groups in total. The maximum Gasteiger partial charge on any atom is 0.113 e. The zero-order valence-corrected chi connectivity index (χ0v) is 29.6. The van der Waals surface area contributed by atoms with Crippen LogP contribution < -0.4 is 0 Å². The third-order valence-electron chi connectivity index (χ3n) is 8.51. The summed E-state index contributed by atoms with van der Waals surface area (Å²) < 4.78 is 3.67. The van der Waals surface area contributed by atoms with Gasteiger partial charge in [-0.25, -0.2) is 9.36 Å². The topological polar surface area (TPSA) is 61.4 Å². The Morgan fingerprint density at radius 3 is 1.26 bits per heavy atom. The van der Waals surface area contributed by atoms with E-state index in [1.54, 1.807) is 4.68 Å². The Kier molecular flexibility index (Phi) is 8.14. The molecule has 0 atom stereocenters. The maximum atomic E-state index is 5.82. The molecule has 0 fully saturated rings. The average molecular weight is 613 g/mol. The van der Waals surface area contributed by atoms with Crippen molar-refractivity contribution in [2.75, 3.05) is 0 Å². The molecule has 0 saturated carbocycles. The van der Waals surface area contributed by atoms with Gasteiger partial charge in [0.15, 0.2) is 0 Å². The first-order valence-corrected chi connectivity index (χ1v) is 16.0. The van der Waals surface area contributed by atoms with Crippen LogP contribution in [-0.2, 0) is 21.7 Å². The molecule has 0 bridgehead atoms. The Morgan fingerprint density at radius 1 is 0.478 bits per heavy atom. The highest BCUT2D eigenvalue weighted by Gasteiger charge is 2.23. The molecule has 46 heavy (non-hydrogen) atoms. The minimum absolute atomic E-state index is 0.00977. The first-order chi connectivity index (χ1) is 21.2. The van der Waals surface area contributed by atoms with Crippen LogP contribution in [0, 0.1) is 12.3 Å². The van der Waals surface area contributed by atoms with Crippen molar-refractivity contribution in [2.24, 2.45) is 0 Å². The zero-order chi connectivity index (χ0) is 33.8. The van der Waals surface area contributed by atoms with E-state index in [0.29, 0.717) is 0 Å². The second-order valence-electron chi connectivity index (χ2n) is 16.6. The minimum Gasteiger partial charge on any atom is -0.220 e. The molecule has 0 aliphatic heterocycles. The number of nitrogens with zero attached hydrogens (tertiary/aromatic N) is 6. The van der Waals surface area contributed by atoms with Crippen LogP contribution in [0.15, 0.2) is 67.0 Å². The number of hydrogen-bond donors (Lipinski definition) is 0. The molecule has 0 aliphatic rings. The van der Waals surface area contributed by atoms with E-state index in [9.17, 15) is 0 Å². The van der Waals surface area contributed by atoms with Crippen LogP contribution in [0.5, 0.6) is 0 Å². The van der Waals surface area contributed by atoms with Crippen molar-refractivity contribution in [1.29, 1.82) is 0 Å². The van der Waals surface area contributed by atoms with Gasteiger partial charge in [-0.05, 0) is 92.4 Å². The molecule has 238 valence electrons. The SMILES string of the molecule is C#Cc1cc(-n2cc(-c3cc(-n4cc(-c5cc(C(C)(C)C)cc(C(C)(C)C)c5)nn4)cc(C(C)(C)C)c3)nn2)cc(C(C)(C)C)c1.